The van der Waals surface area contributed by atoms with Crippen LogP contribution in [0.15, 0.2) is 82.6 Å². The van der Waals surface area contributed by atoms with E-state index in [1.54, 1.807) is 37.4 Å². The van der Waals surface area contributed by atoms with Gasteiger partial charge in [0.05, 0.1) is 9.16 Å². The Balaban J connectivity index is 1.78. The standard InChI is InChI=1S/C29H34O3S6/c1-19(2)28(31)35-17-15-33-21(5)37-25-11-7-23(8-12-25)27(30)24-9-13-26(14-10-24)38-22(6)34-16-18-36-29(32)20(3)4/h7-14,21-22H,1,3,15-18H2,2,4-6H3. The SMILES string of the molecule is C=C(C)C(=O)SCCSC(C)Sc1ccc(C(=O)c2ccc(SC(C)SCCSC(=O)C(=C)C)cc2)cc1. The Morgan fingerprint density at radius 1 is 0.632 bits per heavy atom. The third kappa shape index (κ3) is 12.5. The van der Waals surface area contributed by atoms with E-state index in [0.717, 1.165) is 32.8 Å². The van der Waals surface area contributed by atoms with Crippen molar-refractivity contribution in [3.05, 3.63) is 84.0 Å². The van der Waals surface area contributed by atoms with E-state index in [9.17, 15) is 14.4 Å². The minimum atomic E-state index is 0.0151. The summed E-state index contributed by atoms with van der Waals surface area (Å²) in [6, 6.07) is 15.6. The summed E-state index contributed by atoms with van der Waals surface area (Å²) in [5, 5.41) is 0.125. The van der Waals surface area contributed by atoms with E-state index < -0.39 is 0 Å². The van der Waals surface area contributed by atoms with Gasteiger partial charge < -0.3 is 0 Å². The Morgan fingerprint density at radius 2 is 0.974 bits per heavy atom. The Labute approximate surface area is 253 Å². The molecule has 0 saturated carbocycles. The lowest BCUT2D eigenvalue weighted by Gasteiger charge is -2.12. The first kappa shape index (κ1) is 33.2. The normalized spacial score (nSPS) is 12.5. The third-order valence-electron chi connectivity index (χ3n) is 4.87. The fraction of sp³-hybridized carbons (Fsp3) is 0.345. The molecule has 2 aromatic rings. The Kier molecular flexibility index (Phi) is 15.5. The van der Waals surface area contributed by atoms with E-state index in [0.29, 0.717) is 31.4 Å². The van der Waals surface area contributed by atoms with Gasteiger partial charge in [-0.25, -0.2) is 0 Å². The molecule has 38 heavy (non-hydrogen) atoms. The molecule has 3 nitrogen and oxygen atoms in total. The van der Waals surface area contributed by atoms with E-state index >= 15 is 0 Å². The molecule has 0 N–H and O–H groups in total. The Hall–Kier alpha value is -0.970. The topological polar surface area (TPSA) is 51.2 Å². The number of hydrogen-bond donors (Lipinski definition) is 0. The fourth-order valence-corrected chi connectivity index (χ4v) is 9.04. The van der Waals surface area contributed by atoms with Crippen molar-refractivity contribution in [3.8, 4) is 0 Å². The van der Waals surface area contributed by atoms with Gasteiger partial charge >= 0.3 is 0 Å². The van der Waals surface area contributed by atoms with E-state index in [-0.39, 0.29) is 16.0 Å². The van der Waals surface area contributed by atoms with Gasteiger partial charge in [-0.05, 0) is 87.4 Å². The van der Waals surface area contributed by atoms with Crippen molar-refractivity contribution in [2.45, 2.75) is 46.6 Å². The third-order valence-corrected chi connectivity index (χ3v) is 12.4. The van der Waals surface area contributed by atoms with Crippen molar-refractivity contribution < 1.29 is 14.4 Å². The van der Waals surface area contributed by atoms with Crippen LogP contribution in [-0.2, 0) is 9.59 Å². The molecule has 0 aliphatic heterocycles. The van der Waals surface area contributed by atoms with Crippen LogP contribution in [-0.4, -0.2) is 48.2 Å². The summed E-state index contributed by atoms with van der Waals surface area (Å²) in [5.74, 6) is 3.37. The molecular weight excluding hydrogens is 589 g/mol. The molecule has 2 aromatic carbocycles. The molecular formula is C29H34O3S6. The molecule has 0 saturated heterocycles. The molecule has 2 atom stereocenters. The quantitative estimate of drug-likeness (QED) is 0.0600. The van der Waals surface area contributed by atoms with Crippen LogP contribution in [0.4, 0.5) is 0 Å². The van der Waals surface area contributed by atoms with Crippen LogP contribution >= 0.6 is 70.6 Å². The molecule has 2 rings (SSSR count). The zero-order valence-electron chi connectivity index (χ0n) is 22.2. The number of rotatable bonds is 16. The lowest BCUT2D eigenvalue weighted by molar-refractivity contribution is -0.108. The first-order valence-corrected chi connectivity index (χ1v) is 17.9. The molecule has 0 fully saturated rings. The second-order valence-corrected chi connectivity index (χ2v) is 16.8. The van der Waals surface area contributed by atoms with E-state index in [1.807, 2.05) is 72.1 Å². The maximum absolute atomic E-state index is 13.0. The second kappa shape index (κ2) is 17.7. The lowest BCUT2D eigenvalue weighted by atomic mass is 10.0. The van der Waals surface area contributed by atoms with Crippen LogP contribution in [0.2, 0.25) is 0 Å². The summed E-state index contributed by atoms with van der Waals surface area (Å²) in [7, 11) is 0. The first-order chi connectivity index (χ1) is 18.1. The van der Waals surface area contributed by atoms with Crippen LogP contribution in [0.1, 0.15) is 43.6 Å². The smallest absolute Gasteiger partial charge is 0.214 e. The lowest BCUT2D eigenvalue weighted by Crippen LogP contribution is -2.01. The van der Waals surface area contributed by atoms with Gasteiger partial charge in [-0.15, -0.1) is 47.0 Å². The highest BCUT2D eigenvalue weighted by Crippen LogP contribution is 2.33. The van der Waals surface area contributed by atoms with Crippen molar-refractivity contribution in [2.75, 3.05) is 23.0 Å². The van der Waals surface area contributed by atoms with Gasteiger partial charge in [-0.2, -0.15) is 0 Å². The van der Waals surface area contributed by atoms with E-state index in [2.05, 4.69) is 27.0 Å². The summed E-state index contributed by atoms with van der Waals surface area (Å²) in [6.45, 7) is 15.2. The minimum absolute atomic E-state index is 0.0151. The molecule has 0 radical (unpaired) electrons. The van der Waals surface area contributed by atoms with Crippen LogP contribution in [0.3, 0.4) is 0 Å². The molecule has 0 amide bonds. The number of hydrogen-bond acceptors (Lipinski definition) is 9. The largest absolute Gasteiger partial charge is 0.289 e. The van der Waals surface area contributed by atoms with Gasteiger partial charge in [-0.3, -0.25) is 14.4 Å². The molecule has 204 valence electrons. The van der Waals surface area contributed by atoms with Gasteiger partial charge in [0.2, 0.25) is 10.2 Å². The van der Waals surface area contributed by atoms with Gasteiger partial charge in [0.15, 0.2) is 5.78 Å². The average molecular weight is 623 g/mol. The van der Waals surface area contributed by atoms with Crippen molar-refractivity contribution in [1.82, 2.24) is 0 Å². The maximum atomic E-state index is 13.0. The van der Waals surface area contributed by atoms with E-state index in [1.165, 1.54) is 23.5 Å². The van der Waals surface area contributed by atoms with E-state index in [4.69, 9.17) is 0 Å². The fourth-order valence-electron chi connectivity index (χ4n) is 2.93. The summed E-state index contributed by atoms with van der Waals surface area (Å²) in [5.41, 5.74) is 2.54. The molecule has 0 spiro atoms. The van der Waals surface area contributed by atoms with Crippen LogP contribution < -0.4 is 0 Å². The van der Waals surface area contributed by atoms with Crippen molar-refractivity contribution in [3.63, 3.8) is 0 Å². The number of thioether (sulfide) groups is 6. The second-order valence-electron chi connectivity index (χ2n) is 8.32. The van der Waals surface area contributed by atoms with Crippen LogP contribution in [0.25, 0.3) is 0 Å². The zero-order chi connectivity index (χ0) is 28.1. The highest BCUT2D eigenvalue weighted by atomic mass is 32.2. The Bertz CT molecular complexity index is 1020. The summed E-state index contributed by atoms with van der Waals surface area (Å²) >= 11 is 9.79. The van der Waals surface area contributed by atoms with Gasteiger partial charge in [0.25, 0.3) is 0 Å². The number of carbonyl (C=O) groups excluding carboxylic acids is 3. The molecule has 2 unspecified atom stereocenters. The zero-order valence-corrected chi connectivity index (χ0v) is 27.1. The summed E-state index contributed by atoms with van der Waals surface area (Å²) in [4.78, 5) is 38.4. The molecule has 9 heteroatoms. The van der Waals surface area contributed by atoms with Gasteiger partial charge in [0.1, 0.15) is 0 Å². The monoisotopic (exact) mass is 622 g/mol. The summed E-state index contributed by atoms with van der Waals surface area (Å²) < 4.78 is 0.695. The molecule has 0 heterocycles. The predicted octanol–water partition coefficient (Wildman–Crippen LogP) is 8.93. The van der Waals surface area contributed by atoms with Crippen molar-refractivity contribution in [2.24, 2.45) is 0 Å². The van der Waals surface area contributed by atoms with Crippen LogP contribution in [0.5, 0.6) is 0 Å². The molecule has 0 aromatic heterocycles. The molecule has 0 aliphatic carbocycles. The Morgan fingerprint density at radius 3 is 1.29 bits per heavy atom. The van der Waals surface area contributed by atoms with Crippen molar-refractivity contribution in [1.29, 1.82) is 0 Å². The van der Waals surface area contributed by atoms with Gasteiger partial charge in [-0.1, -0.05) is 36.7 Å². The molecule has 0 bridgehead atoms. The summed E-state index contributed by atoms with van der Waals surface area (Å²) in [6.07, 6.45) is 0. The molecule has 0 aliphatic rings. The number of ketones is 1. The highest BCUT2D eigenvalue weighted by molar-refractivity contribution is 8.19. The van der Waals surface area contributed by atoms with Crippen molar-refractivity contribution >= 4 is 86.6 Å². The first-order valence-electron chi connectivity index (χ1n) is 12.0. The average Bonchev–Trinajstić information content (AvgIpc) is 2.89. The maximum Gasteiger partial charge on any atom is 0.214 e. The highest BCUT2D eigenvalue weighted by Gasteiger charge is 2.12. The minimum Gasteiger partial charge on any atom is -0.289 e. The number of benzene rings is 2. The van der Waals surface area contributed by atoms with Crippen LogP contribution in [0, 0.1) is 0 Å². The predicted molar refractivity (Wildman–Crippen MR) is 176 cm³/mol. The number of carbonyl (C=O) groups is 3. The van der Waals surface area contributed by atoms with Gasteiger partial charge in [0, 0.05) is 43.9 Å².